The van der Waals surface area contributed by atoms with Crippen molar-refractivity contribution in [3.63, 3.8) is 0 Å². The van der Waals surface area contributed by atoms with Crippen LogP contribution in [0, 0.1) is 18.3 Å². The SMILES string of the molecule is COc1ccc(CSc2nc(C(C#N)c3ccccc3Br)c(C)c(=O)[nH]2)cc1. The highest BCUT2D eigenvalue weighted by atomic mass is 79.9. The second-order valence-corrected chi connectivity index (χ2v) is 7.92. The molecule has 1 aromatic heterocycles. The largest absolute Gasteiger partial charge is 0.497 e. The number of H-pyrrole nitrogens is 1. The van der Waals surface area contributed by atoms with Crippen molar-refractivity contribution < 1.29 is 4.74 Å². The zero-order chi connectivity index (χ0) is 20.1. The second kappa shape index (κ2) is 9.09. The Balaban J connectivity index is 1.90. The molecule has 0 aliphatic heterocycles. The van der Waals surface area contributed by atoms with E-state index in [4.69, 9.17) is 4.74 Å². The minimum atomic E-state index is -0.627. The number of nitrogens with zero attached hydrogens (tertiary/aromatic N) is 2. The number of halogens is 1. The number of nitrogens with one attached hydrogen (secondary N) is 1. The fourth-order valence-corrected chi connectivity index (χ4v) is 4.08. The molecule has 0 aliphatic rings. The summed E-state index contributed by atoms with van der Waals surface area (Å²) in [7, 11) is 1.63. The van der Waals surface area contributed by atoms with Crippen molar-refractivity contribution in [3.8, 4) is 11.8 Å². The lowest BCUT2D eigenvalue weighted by Gasteiger charge is -2.14. The maximum atomic E-state index is 12.4. The predicted octanol–water partition coefficient (Wildman–Crippen LogP) is 4.80. The molecule has 0 radical (unpaired) electrons. The molecule has 28 heavy (non-hydrogen) atoms. The molecular formula is C21H18BrN3O2S. The number of ether oxygens (including phenoxy) is 1. The van der Waals surface area contributed by atoms with Crippen molar-refractivity contribution in [1.29, 1.82) is 5.26 Å². The summed E-state index contributed by atoms with van der Waals surface area (Å²) in [4.78, 5) is 19.9. The van der Waals surface area contributed by atoms with Gasteiger partial charge in [0, 0.05) is 15.8 Å². The summed E-state index contributed by atoms with van der Waals surface area (Å²) in [6.07, 6.45) is 0. The molecule has 1 heterocycles. The first-order valence-corrected chi connectivity index (χ1v) is 10.3. The normalized spacial score (nSPS) is 11.6. The van der Waals surface area contributed by atoms with Crippen LogP contribution in [0.4, 0.5) is 0 Å². The van der Waals surface area contributed by atoms with Crippen molar-refractivity contribution >= 4 is 27.7 Å². The number of benzene rings is 2. The molecule has 142 valence electrons. The number of nitriles is 1. The minimum absolute atomic E-state index is 0.227. The van der Waals surface area contributed by atoms with Gasteiger partial charge in [0.1, 0.15) is 11.7 Å². The Labute approximate surface area is 175 Å². The minimum Gasteiger partial charge on any atom is -0.497 e. The van der Waals surface area contributed by atoms with Crippen molar-refractivity contribution in [2.75, 3.05) is 7.11 Å². The first-order valence-electron chi connectivity index (χ1n) is 8.54. The molecule has 1 N–H and O–H groups in total. The first-order chi connectivity index (χ1) is 13.5. The maximum absolute atomic E-state index is 12.4. The number of aromatic nitrogens is 2. The summed E-state index contributed by atoms with van der Waals surface area (Å²) in [6, 6.07) is 17.5. The Hall–Kier alpha value is -2.56. The molecule has 1 atom stereocenters. The fourth-order valence-electron chi connectivity index (χ4n) is 2.74. The molecule has 0 spiro atoms. The Kier molecular flexibility index (Phi) is 6.55. The van der Waals surface area contributed by atoms with Crippen LogP contribution in [0.15, 0.2) is 63.0 Å². The highest BCUT2D eigenvalue weighted by molar-refractivity contribution is 9.10. The molecule has 7 heteroatoms. The number of methoxy groups -OCH3 is 1. The van der Waals surface area contributed by atoms with E-state index in [9.17, 15) is 10.1 Å². The summed E-state index contributed by atoms with van der Waals surface area (Å²) in [5.74, 6) is 0.809. The molecule has 1 unspecified atom stereocenters. The van der Waals surface area contributed by atoms with Gasteiger partial charge >= 0.3 is 0 Å². The number of thioether (sulfide) groups is 1. The average molecular weight is 456 g/mol. The van der Waals surface area contributed by atoms with Gasteiger partial charge in [-0.05, 0) is 36.2 Å². The molecule has 3 aromatic rings. The molecule has 0 saturated heterocycles. The highest BCUT2D eigenvalue weighted by Crippen LogP contribution is 2.31. The third-order valence-electron chi connectivity index (χ3n) is 4.32. The zero-order valence-electron chi connectivity index (χ0n) is 15.4. The van der Waals surface area contributed by atoms with Crippen molar-refractivity contribution in [2.45, 2.75) is 23.8 Å². The number of hydrogen-bond donors (Lipinski definition) is 1. The lowest BCUT2D eigenvalue weighted by molar-refractivity contribution is 0.414. The first kappa shape index (κ1) is 20.2. The monoisotopic (exact) mass is 455 g/mol. The Morgan fingerprint density at radius 2 is 1.96 bits per heavy atom. The lowest BCUT2D eigenvalue weighted by Crippen LogP contribution is -2.18. The van der Waals surface area contributed by atoms with Crippen molar-refractivity contribution in [2.24, 2.45) is 0 Å². The summed E-state index contributed by atoms with van der Waals surface area (Å²) in [5, 5.41) is 10.3. The quantitative estimate of drug-likeness (QED) is 0.426. The Morgan fingerprint density at radius 3 is 2.61 bits per heavy atom. The summed E-state index contributed by atoms with van der Waals surface area (Å²) >= 11 is 4.91. The molecule has 0 aliphatic carbocycles. The van der Waals surface area contributed by atoms with E-state index < -0.39 is 5.92 Å². The summed E-state index contributed by atoms with van der Waals surface area (Å²) < 4.78 is 5.98. The number of hydrogen-bond acceptors (Lipinski definition) is 5. The topological polar surface area (TPSA) is 78.8 Å². The highest BCUT2D eigenvalue weighted by Gasteiger charge is 2.22. The van der Waals surface area contributed by atoms with Gasteiger partial charge in [0.25, 0.3) is 5.56 Å². The molecule has 2 aromatic carbocycles. The number of aromatic amines is 1. The van der Waals surface area contributed by atoms with Crippen LogP contribution in [0.1, 0.15) is 28.3 Å². The third-order valence-corrected chi connectivity index (χ3v) is 5.99. The van der Waals surface area contributed by atoms with Crippen molar-refractivity contribution in [1.82, 2.24) is 9.97 Å². The fraction of sp³-hybridized carbons (Fsp3) is 0.190. The number of rotatable bonds is 6. The zero-order valence-corrected chi connectivity index (χ0v) is 17.8. The standard InChI is InChI=1S/C21H18BrN3O2S/c1-13-19(17(11-23)16-5-3-4-6-18(16)22)24-21(25-20(13)26)28-12-14-7-9-15(27-2)10-8-14/h3-10,17H,12H2,1-2H3,(H,24,25,26). The van der Waals surface area contributed by atoms with E-state index in [-0.39, 0.29) is 5.56 Å². The van der Waals surface area contributed by atoms with E-state index in [1.807, 2.05) is 48.5 Å². The molecule has 5 nitrogen and oxygen atoms in total. The van der Waals surface area contributed by atoms with Gasteiger partial charge in [-0.3, -0.25) is 4.79 Å². The van der Waals surface area contributed by atoms with Crippen LogP contribution in [0.25, 0.3) is 0 Å². The van der Waals surface area contributed by atoms with Gasteiger partial charge in [-0.15, -0.1) is 0 Å². The Morgan fingerprint density at radius 1 is 1.25 bits per heavy atom. The Bertz CT molecular complexity index is 1070. The van der Waals surface area contributed by atoms with Crippen LogP contribution >= 0.6 is 27.7 Å². The second-order valence-electron chi connectivity index (χ2n) is 6.10. The molecular weight excluding hydrogens is 438 g/mol. The van der Waals surface area contributed by atoms with Gasteiger partial charge in [-0.2, -0.15) is 5.26 Å². The predicted molar refractivity (Wildman–Crippen MR) is 114 cm³/mol. The van der Waals surface area contributed by atoms with E-state index in [0.29, 0.717) is 22.2 Å². The van der Waals surface area contributed by atoms with Crippen LogP contribution in [-0.2, 0) is 5.75 Å². The van der Waals surface area contributed by atoms with E-state index >= 15 is 0 Å². The van der Waals surface area contributed by atoms with Crippen molar-refractivity contribution in [3.05, 3.63) is 85.7 Å². The summed E-state index contributed by atoms with van der Waals surface area (Å²) in [5.41, 5.74) is 2.58. The molecule has 0 saturated carbocycles. The molecule has 0 fully saturated rings. The average Bonchev–Trinajstić information content (AvgIpc) is 2.72. The van der Waals surface area contributed by atoms with Gasteiger partial charge in [0.2, 0.25) is 0 Å². The van der Waals surface area contributed by atoms with Gasteiger partial charge in [-0.1, -0.05) is 58.0 Å². The van der Waals surface area contributed by atoms with Gasteiger partial charge in [0.15, 0.2) is 5.16 Å². The van der Waals surface area contributed by atoms with E-state index in [2.05, 4.69) is 32.0 Å². The van der Waals surface area contributed by atoms with Gasteiger partial charge in [0.05, 0.1) is 18.9 Å². The maximum Gasteiger partial charge on any atom is 0.254 e. The molecule has 0 bridgehead atoms. The smallest absolute Gasteiger partial charge is 0.254 e. The third kappa shape index (κ3) is 4.46. The van der Waals surface area contributed by atoms with E-state index in [1.165, 1.54) is 11.8 Å². The van der Waals surface area contributed by atoms with Crippen LogP contribution in [-0.4, -0.2) is 17.1 Å². The van der Waals surface area contributed by atoms with Gasteiger partial charge in [-0.25, -0.2) is 4.98 Å². The molecule has 0 amide bonds. The van der Waals surface area contributed by atoms with E-state index in [1.54, 1.807) is 14.0 Å². The molecule has 3 rings (SSSR count). The summed E-state index contributed by atoms with van der Waals surface area (Å²) in [6.45, 7) is 1.69. The lowest BCUT2D eigenvalue weighted by atomic mass is 9.94. The van der Waals surface area contributed by atoms with E-state index in [0.717, 1.165) is 21.3 Å². The van der Waals surface area contributed by atoms with Crippen LogP contribution < -0.4 is 10.3 Å². The van der Waals surface area contributed by atoms with Crippen LogP contribution in [0.2, 0.25) is 0 Å². The van der Waals surface area contributed by atoms with Crippen LogP contribution in [0.5, 0.6) is 5.75 Å². The van der Waals surface area contributed by atoms with Crippen LogP contribution in [0.3, 0.4) is 0 Å². The van der Waals surface area contributed by atoms with Gasteiger partial charge < -0.3 is 9.72 Å².